The molecule has 0 saturated heterocycles. The zero-order valence-corrected chi connectivity index (χ0v) is 13.6. The molecule has 1 aliphatic carbocycles. The first-order valence-electron chi connectivity index (χ1n) is 7.23. The molecule has 0 amide bonds. The summed E-state index contributed by atoms with van der Waals surface area (Å²) in [5.41, 5.74) is 1.35. The third kappa shape index (κ3) is 4.22. The van der Waals surface area contributed by atoms with Crippen molar-refractivity contribution in [1.29, 1.82) is 0 Å². The van der Waals surface area contributed by atoms with Crippen LogP contribution in [-0.4, -0.2) is 25.1 Å². The highest BCUT2D eigenvalue weighted by Crippen LogP contribution is 2.27. The van der Waals surface area contributed by atoms with E-state index < -0.39 is 0 Å². The Morgan fingerprint density at radius 3 is 2.47 bits per heavy atom. The first kappa shape index (κ1) is 14.9. The minimum atomic E-state index is 0.753. The quantitative estimate of drug-likeness (QED) is 0.749. The van der Waals surface area contributed by atoms with Crippen molar-refractivity contribution in [2.75, 3.05) is 14.2 Å². The summed E-state index contributed by atoms with van der Waals surface area (Å²) in [6.07, 6.45) is 8.32. The highest BCUT2D eigenvalue weighted by Gasteiger charge is 2.17. The highest BCUT2D eigenvalue weighted by atomic mass is 79.9. The Labute approximate surface area is 125 Å². The normalized spacial score (nSPS) is 17.5. The van der Waals surface area contributed by atoms with E-state index in [0.29, 0.717) is 0 Å². The maximum atomic E-state index is 5.28. The number of rotatable bonds is 4. The van der Waals surface area contributed by atoms with Crippen molar-refractivity contribution in [3.05, 3.63) is 28.2 Å². The van der Waals surface area contributed by atoms with Crippen molar-refractivity contribution in [2.45, 2.75) is 51.1 Å². The molecule has 19 heavy (non-hydrogen) atoms. The zero-order chi connectivity index (χ0) is 13.7. The van der Waals surface area contributed by atoms with Gasteiger partial charge in [0.15, 0.2) is 0 Å². The van der Waals surface area contributed by atoms with Crippen molar-refractivity contribution < 1.29 is 4.74 Å². The van der Waals surface area contributed by atoms with Gasteiger partial charge in [-0.15, -0.1) is 0 Å². The van der Waals surface area contributed by atoms with Gasteiger partial charge in [0, 0.05) is 12.6 Å². The van der Waals surface area contributed by atoms with E-state index in [2.05, 4.69) is 40.0 Å². The first-order valence-corrected chi connectivity index (χ1v) is 8.02. The molecule has 0 atom stereocenters. The van der Waals surface area contributed by atoms with Gasteiger partial charge in [-0.2, -0.15) is 0 Å². The molecule has 3 heteroatoms. The zero-order valence-electron chi connectivity index (χ0n) is 12.0. The number of nitrogens with zero attached hydrogens (tertiary/aromatic N) is 1. The van der Waals surface area contributed by atoms with Crippen LogP contribution in [0.15, 0.2) is 22.7 Å². The summed E-state index contributed by atoms with van der Waals surface area (Å²) in [6.45, 7) is 1.02. The number of halogens is 1. The lowest BCUT2D eigenvalue weighted by Crippen LogP contribution is -2.30. The first-order chi connectivity index (χ1) is 9.20. The average Bonchev–Trinajstić information content (AvgIpc) is 2.68. The van der Waals surface area contributed by atoms with Crippen LogP contribution < -0.4 is 4.74 Å². The molecule has 0 spiro atoms. The van der Waals surface area contributed by atoms with Crippen LogP contribution in [0.25, 0.3) is 0 Å². The van der Waals surface area contributed by atoms with Crippen LogP contribution in [0.1, 0.15) is 44.1 Å². The van der Waals surface area contributed by atoms with Crippen molar-refractivity contribution >= 4 is 15.9 Å². The van der Waals surface area contributed by atoms with Crippen molar-refractivity contribution in [3.8, 4) is 5.75 Å². The average molecular weight is 326 g/mol. The third-order valence-electron chi connectivity index (χ3n) is 4.10. The summed E-state index contributed by atoms with van der Waals surface area (Å²) < 4.78 is 6.32. The Balaban J connectivity index is 1.97. The fourth-order valence-electron chi connectivity index (χ4n) is 2.92. The largest absolute Gasteiger partial charge is 0.496 e. The summed E-state index contributed by atoms with van der Waals surface area (Å²) in [6, 6.07) is 7.13. The summed E-state index contributed by atoms with van der Waals surface area (Å²) in [5, 5.41) is 0. The molecule has 2 nitrogen and oxygen atoms in total. The van der Waals surface area contributed by atoms with Crippen LogP contribution in [0.3, 0.4) is 0 Å². The van der Waals surface area contributed by atoms with Crippen LogP contribution in [0.4, 0.5) is 0 Å². The van der Waals surface area contributed by atoms with Crippen LogP contribution in [0, 0.1) is 0 Å². The Morgan fingerprint density at radius 1 is 1.21 bits per heavy atom. The molecule has 1 fully saturated rings. The smallest absolute Gasteiger partial charge is 0.133 e. The van der Waals surface area contributed by atoms with E-state index in [1.54, 1.807) is 7.11 Å². The molecule has 0 aliphatic heterocycles. The van der Waals surface area contributed by atoms with Crippen LogP contribution in [0.2, 0.25) is 0 Å². The van der Waals surface area contributed by atoms with E-state index in [1.165, 1.54) is 44.1 Å². The second kappa shape index (κ2) is 7.30. The Morgan fingerprint density at radius 2 is 1.89 bits per heavy atom. The number of ether oxygens (including phenoxy) is 1. The van der Waals surface area contributed by atoms with Gasteiger partial charge in [0.05, 0.1) is 11.6 Å². The van der Waals surface area contributed by atoms with Gasteiger partial charge in [0.25, 0.3) is 0 Å². The van der Waals surface area contributed by atoms with E-state index >= 15 is 0 Å². The standard InChI is InChI=1S/C16H24BrNO/c1-18(14-7-5-3-4-6-8-14)12-13-9-10-16(19-2)15(17)11-13/h9-11,14H,3-8,12H2,1-2H3. The Kier molecular flexibility index (Phi) is 5.71. The predicted octanol–water partition coefficient (Wildman–Crippen LogP) is 4.61. The Bertz CT molecular complexity index is 400. The maximum Gasteiger partial charge on any atom is 0.133 e. The van der Waals surface area contributed by atoms with Crippen LogP contribution in [-0.2, 0) is 6.54 Å². The number of methoxy groups -OCH3 is 1. The SMILES string of the molecule is COc1ccc(CN(C)C2CCCCCC2)cc1Br. The molecule has 0 radical (unpaired) electrons. The molecule has 0 aromatic heterocycles. The molecule has 2 rings (SSSR count). The fraction of sp³-hybridized carbons (Fsp3) is 0.625. The van der Waals surface area contributed by atoms with Crippen molar-refractivity contribution in [3.63, 3.8) is 0 Å². The fourth-order valence-corrected chi connectivity index (χ4v) is 3.51. The molecular formula is C16H24BrNO. The third-order valence-corrected chi connectivity index (χ3v) is 4.72. The summed E-state index contributed by atoms with van der Waals surface area (Å²) in [4.78, 5) is 2.51. The minimum absolute atomic E-state index is 0.753. The molecule has 1 aliphatic rings. The molecule has 1 aromatic rings. The van der Waals surface area contributed by atoms with E-state index in [9.17, 15) is 0 Å². The monoisotopic (exact) mass is 325 g/mol. The molecule has 0 N–H and O–H groups in total. The molecular weight excluding hydrogens is 302 g/mol. The lowest BCUT2D eigenvalue weighted by molar-refractivity contribution is 0.213. The van der Waals surface area contributed by atoms with Gasteiger partial charge in [-0.3, -0.25) is 4.90 Å². The van der Waals surface area contributed by atoms with Gasteiger partial charge in [0.2, 0.25) is 0 Å². The lowest BCUT2D eigenvalue weighted by Gasteiger charge is -2.27. The van der Waals surface area contributed by atoms with Crippen LogP contribution >= 0.6 is 15.9 Å². The van der Waals surface area contributed by atoms with Gasteiger partial charge in [-0.05, 0) is 53.5 Å². The molecule has 1 saturated carbocycles. The van der Waals surface area contributed by atoms with Gasteiger partial charge in [0.1, 0.15) is 5.75 Å². The molecule has 0 heterocycles. The Hall–Kier alpha value is -0.540. The lowest BCUT2D eigenvalue weighted by atomic mass is 10.1. The topological polar surface area (TPSA) is 12.5 Å². The van der Waals surface area contributed by atoms with E-state index in [1.807, 2.05) is 6.07 Å². The minimum Gasteiger partial charge on any atom is -0.496 e. The van der Waals surface area contributed by atoms with Gasteiger partial charge >= 0.3 is 0 Å². The van der Waals surface area contributed by atoms with Gasteiger partial charge < -0.3 is 4.74 Å². The summed E-state index contributed by atoms with van der Waals surface area (Å²) in [5.74, 6) is 0.904. The van der Waals surface area contributed by atoms with Gasteiger partial charge in [-0.1, -0.05) is 31.7 Å². The predicted molar refractivity (Wildman–Crippen MR) is 83.7 cm³/mol. The summed E-state index contributed by atoms with van der Waals surface area (Å²) in [7, 11) is 3.96. The second-order valence-electron chi connectivity index (χ2n) is 5.53. The summed E-state index contributed by atoms with van der Waals surface area (Å²) >= 11 is 3.56. The highest BCUT2D eigenvalue weighted by molar-refractivity contribution is 9.10. The van der Waals surface area contributed by atoms with Crippen LogP contribution in [0.5, 0.6) is 5.75 Å². The maximum absolute atomic E-state index is 5.28. The number of hydrogen-bond donors (Lipinski definition) is 0. The molecule has 106 valence electrons. The molecule has 1 aromatic carbocycles. The van der Waals surface area contributed by atoms with E-state index in [4.69, 9.17) is 4.74 Å². The molecule has 0 bridgehead atoms. The number of hydrogen-bond acceptors (Lipinski definition) is 2. The van der Waals surface area contributed by atoms with E-state index in [0.717, 1.165) is 22.8 Å². The number of benzene rings is 1. The van der Waals surface area contributed by atoms with Crippen molar-refractivity contribution in [1.82, 2.24) is 4.90 Å². The molecule has 0 unspecified atom stereocenters. The van der Waals surface area contributed by atoms with Gasteiger partial charge in [-0.25, -0.2) is 0 Å². The van der Waals surface area contributed by atoms with Crippen molar-refractivity contribution in [2.24, 2.45) is 0 Å². The van der Waals surface area contributed by atoms with E-state index in [-0.39, 0.29) is 0 Å². The second-order valence-corrected chi connectivity index (χ2v) is 6.38.